The molecule has 2 unspecified atom stereocenters. The molecule has 0 aliphatic carbocycles. The Morgan fingerprint density at radius 3 is 2.18 bits per heavy atom. The first kappa shape index (κ1) is 16.8. The Balaban J connectivity index is 3.20. The zero-order chi connectivity index (χ0) is 12.9. The maximum absolute atomic E-state index is 9.44. The Morgan fingerprint density at radius 2 is 1.53 bits per heavy atom. The predicted molar refractivity (Wildman–Crippen MR) is 64.9 cm³/mol. The maximum atomic E-state index is 9.44. The summed E-state index contributed by atoms with van der Waals surface area (Å²) in [5, 5.41) is 26.9. The van der Waals surface area contributed by atoms with Crippen molar-refractivity contribution >= 4 is 0 Å². The molecule has 0 aliphatic rings. The first-order valence-electron chi connectivity index (χ1n) is 6.33. The van der Waals surface area contributed by atoms with E-state index in [4.69, 9.17) is 19.7 Å². The van der Waals surface area contributed by atoms with E-state index in [1.165, 1.54) is 12.8 Å². The molecule has 0 saturated heterocycles. The lowest BCUT2D eigenvalue weighted by atomic mass is 10.2. The molecule has 0 fully saturated rings. The minimum absolute atomic E-state index is 0.0318. The fourth-order valence-corrected chi connectivity index (χ4v) is 1.29. The van der Waals surface area contributed by atoms with Crippen LogP contribution in [0.5, 0.6) is 0 Å². The first-order chi connectivity index (χ1) is 8.20. The Labute approximate surface area is 103 Å². The van der Waals surface area contributed by atoms with Crippen molar-refractivity contribution in [2.24, 2.45) is 0 Å². The van der Waals surface area contributed by atoms with Crippen molar-refractivity contribution in [3.05, 3.63) is 0 Å². The zero-order valence-electron chi connectivity index (χ0n) is 10.7. The third kappa shape index (κ3) is 12.1. The Kier molecular flexibility index (Phi) is 12.1. The quantitative estimate of drug-likeness (QED) is 0.435. The summed E-state index contributed by atoms with van der Waals surface area (Å²) >= 11 is 0. The van der Waals surface area contributed by atoms with Gasteiger partial charge >= 0.3 is 0 Å². The van der Waals surface area contributed by atoms with Gasteiger partial charge in [0.25, 0.3) is 0 Å². The topological polar surface area (TPSA) is 79.2 Å². The average Bonchev–Trinajstić information content (AvgIpc) is 2.33. The number of unbranched alkanes of at least 4 members (excludes halogenated alkanes) is 3. The largest absolute Gasteiger partial charge is 0.394 e. The Bertz CT molecular complexity index is 154. The highest BCUT2D eigenvalue weighted by Gasteiger charge is 2.07. The highest BCUT2D eigenvalue weighted by atomic mass is 16.5. The second-order valence-corrected chi connectivity index (χ2v) is 4.16. The summed E-state index contributed by atoms with van der Waals surface area (Å²) in [7, 11) is 0. The van der Waals surface area contributed by atoms with Gasteiger partial charge in [0.1, 0.15) is 12.2 Å². The highest BCUT2D eigenvalue weighted by molar-refractivity contribution is 4.54. The molecule has 5 nitrogen and oxygen atoms in total. The molecule has 0 amide bonds. The second-order valence-electron chi connectivity index (χ2n) is 4.16. The van der Waals surface area contributed by atoms with E-state index in [0.29, 0.717) is 6.61 Å². The van der Waals surface area contributed by atoms with E-state index in [-0.39, 0.29) is 26.4 Å². The second kappa shape index (κ2) is 12.3. The van der Waals surface area contributed by atoms with Crippen LogP contribution in [0.1, 0.15) is 32.6 Å². The summed E-state index contributed by atoms with van der Waals surface area (Å²) in [6.07, 6.45) is 3.04. The van der Waals surface area contributed by atoms with Gasteiger partial charge in [0.2, 0.25) is 0 Å². The number of rotatable bonds is 12. The first-order valence-corrected chi connectivity index (χ1v) is 6.33. The van der Waals surface area contributed by atoms with Crippen molar-refractivity contribution in [2.45, 2.75) is 44.8 Å². The Morgan fingerprint density at radius 1 is 0.882 bits per heavy atom. The highest BCUT2D eigenvalue weighted by Crippen LogP contribution is 1.99. The minimum atomic E-state index is -0.878. The normalized spacial score (nSPS) is 14.8. The summed E-state index contributed by atoms with van der Waals surface area (Å²) in [5.41, 5.74) is 0. The van der Waals surface area contributed by atoms with Crippen molar-refractivity contribution < 1.29 is 24.8 Å². The molecule has 0 aromatic carbocycles. The van der Waals surface area contributed by atoms with Crippen LogP contribution in [0.3, 0.4) is 0 Å². The number of hydrogen-bond acceptors (Lipinski definition) is 5. The van der Waals surface area contributed by atoms with Gasteiger partial charge in [-0.3, -0.25) is 0 Å². The number of ether oxygens (including phenoxy) is 2. The van der Waals surface area contributed by atoms with E-state index in [2.05, 4.69) is 6.92 Å². The Hall–Kier alpha value is -0.200. The van der Waals surface area contributed by atoms with E-state index in [1.807, 2.05) is 0 Å². The van der Waals surface area contributed by atoms with Crippen LogP contribution in [0.25, 0.3) is 0 Å². The fourth-order valence-electron chi connectivity index (χ4n) is 1.29. The van der Waals surface area contributed by atoms with Crippen LogP contribution >= 0.6 is 0 Å². The molecule has 0 heterocycles. The van der Waals surface area contributed by atoms with Crippen LogP contribution in [0, 0.1) is 0 Å². The molecule has 17 heavy (non-hydrogen) atoms. The van der Waals surface area contributed by atoms with Crippen molar-refractivity contribution in [3.8, 4) is 0 Å². The van der Waals surface area contributed by atoms with Gasteiger partial charge in [-0.1, -0.05) is 26.2 Å². The molecular formula is C12H26O5. The van der Waals surface area contributed by atoms with Crippen LogP contribution < -0.4 is 0 Å². The summed E-state index contributed by atoms with van der Waals surface area (Å²) in [4.78, 5) is 0. The smallest absolute Gasteiger partial charge is 0.101 e. The van der Waals surface area contributed by atoms with Gasteiger partial charge in [-0.15, -0.1) is 0 Å². The minimum Gasteiger partial charge on any atom is -0.394 e. The van der Waals surface area contributed by atoms with Gasteiger partial charge < -0.3 is 24.8 Å². The third-order valence-corrected chi connectivity index (χ3v) is 2.28. The summed E-state index contributed by atoms with van der Waals surface area (Å²) < 4.78 is 10.3. The molecule has 0 saturated carbocycles. The van der Waals surface area contributed by atoms with E-state index >= 15 is 0 Å². The van der Waals surface area contributed by atoms with Crippen molar-refractivity contribution in [2.75, 3.05) is 33.0 Å². The monoisotopic (exact) mass is 250 g/mol. The van der Waals surface area contributed by atoms with Crippen LogP contribution in [0.2, 0.25) is 0 Å². The number of aliphatic hydroxyl groups excluding tert-OH is 3. The summed E-state index contributed by atoms with van der Waals surface area (Å²) in [6, 6.07) is 0. The molecule has 0 rings (SSSR count). The van der Waals surface area contributed by atoms with E-state index in [9.17, 15) is 5.11 Å². The van der Waals surface area contributed by atoms with Crippen LogP contribution in [-0.4, -0.2) is 60.6 Å². The zero-order valence-corrected chi connectivity index (χ0v) is 10.7. The number of hydrogen-bond donors (Lipinski definition) is 3. The van der Waals surface area contributed by atoms with E-state index in [1.54, 1.807) is 0 Å². The number of aliphatic hydroxyl groups is 3. The van der Waals surface area contributed by atoms with Crippen LogP contribution in [0.15, 0.2) is 0 Å². The maximum Gasteiger partial charge on any atom is 0.101 e. The molecule has 0 aromatic rings. The molecule has 5 heteroatoms. The molecule has 0 aromatic heterocycles. The van der Waals surface area contributed by atoms with Crippen molar-refractivity contribution in [1.82, 2.24) is 0 Å². The van der Waals surface area contributed by atoms with Gasteiger partial charge in [0.15, 0.2) is 0 Å². The lowest BCUT2D eigenvalue weighted by molar-refractivity contribution is -0.0481. The molecule has 2 atom stereocenters. The van der Waals surface area contributed by atoms with Crippen LogP contribution in [0.4, 0.5) is 0 Å². The molecule has 0 aliphatic heterocycles. The van der Waals surface area contributed by atoms with E-state index in [0.717, 1.165) is 12.8 Å². The molecule has 0 spiro atoms. The summed E-state index contributed by atoms with van der Waals surface area (Å²) in [5.74, 6) is 0. The molecule has 3 N–H and O–H groups in total. The molecule has 0 bridgehead atoms. The molecule has 0 radical (unpaired) electrons. The SMILES string of the molecule is CCCCCCOCC(O)COCC(O)CO. The average molecular weight is 250 g/mol. The predicted octanol–water partition coefficient (Wildman–Crippen LogP) is 0.314. The standard InChI is InChI=1S/C12H26O5/c1-2-3-4-5-6-16-9-12(15)10-17-8-11(14)7-13/h11-15H,2-10H2,1H3. The van der Waals surface area contributed by atoms with Gasteiger partial charge in [-0.05, 0) is 6.42 Å². The molecule has 104 valence electrons. The van der Waals surface area contributed by atoms with Crippen molar-refractivity contribution in [1.29, 1.82) is 0 Å². The summed E-state index contributed by atoms with van der Waals surface area (Å²) in [6.45, 7) is 2.89. The fraction of sp³-hybridized carbons (Fsp3) is 1.00. The van der Waals surface area contributed by atoms with Gasteiger partial charge in [-0.25, -0.2) is 0 Å². The lowest BCUT2D eigenvalue weighted by Gasteiger charge is -2.13. The van der Waals surface area contributed by atoms with Gasteiger partial charge in [-0.2, -0.15) is 0 Å². The van der Waals surface area contributed by atoms with Crippen molar-refractivity contribution in [3.63, 3.8) is 0 Å². The van der Waals surface area contributed by atoms with Crippen LogP contribution in [-0.2, 0) is 9.47 Å². The molecular weight excluding hydrogens is 224 g/mol. The van der Waals surface area contributed by atoms with Gasteiger partial charge in [0.05, 0.1) is 26.4 Å². The van der Waals surface area contributed by atoms with E-state index < -0.39 is 12.2 Å². The third-order valence-electron chi connectivity index (χ3n) is 2.28. The lowest BCUT2D eigenvalue weighted by Crippen LogP contribution is -2.26. The van der Waals surface area contributed by atoms with Gasteiger partial charge in [0, 0.05) is 6.61 Å².